The normalized spacial score (nSPS) is 14.4. The Kier molecular flexibility index (Phi) is 4.67. The Morgan fingerprint density at radius 3 is 2.26 bits per heavy atom. The van der Waals surface area contributed by atoms with Crippen molar-refractivity contribution in [3.05, 3.63) is 56.2 Å². The lowest BCUT2D eigenvalue weighted by atomic mass is 10.0. The van der Waals surface area contributed by atoms with Gasteiger partial charge in [-0.2, -0.15) is 0 Å². The first-order valence-corrected chi connectivity index (χ1v) is 7.76. The number of benzene rings is 1. The smallest absolute Gasteiger partial charge is 0.0453 e. The zero-order valence-corrected chi connectivity index (χ0v) is 13.4. The molecule has 0 amide bonds. The van der Waals surface area contributed by atoms with E-state index < -0.39 is 0 Å². The summed E-state index contributed by atoms with van der Waals surface area (Å²) in [5.41, 5.74) is 2.54. The van der Waals surface area contributed by atoms with Crippen molar-refractivity contribution in [1.29, 1.82) is 0 Å². The first-order chi connectivity index (χ1) is 8.99. The number of halogens is 1. The highest BCUT2D eigenvalue weighted by Crippen LogP contribution is 2.29. The van der Waals surface area contributed by atoms with E-state index in [9.17, 15) is 0 Å². The Morgan fingerprint density at radius 1 is 1.05 bits per heavy atom. The minimum atomic E-state index is 0.239. The van der Waals surface area contributed by atoms with Crippen molar-refractivity contribution in [2.24, 2.45) is 0 Å². The predicted octanol–water partition coefficient (Wildman–Crippen LogP) is 5.43. The molecule has 0 fully saturated rings. The van der Waals surface area contributed by atoms with E-state index in [4.69, 9.17) is 11.6 Å². The fourth-order valence-electron chi connectivity index (χ4n) is 2.46. The van der Waals surface area contributed by atoms with E-state index in [0.29, 0.717) is 6.04 Å². The summed E-state index contributed by atoms with van der Waals surface area (Å²) in [7, 11) is 0. The Bertz CT molecular complexity index is 562. The number of nitrogens with one attached hydrogen (secondary N) is 1. The number of hydrogen-bond acceptors (Lipinski definition) is 2. The van der Waals surface area contributed by atoms with Crippen molar-refractivity contribution < 1.29 is 0 Å². The third-order valence-corrected chi connectivity index (χ3v) is 4.74. The van der Waals surface area contributed by atoms with Gasteiger partial charge in [0.05, 0.1) is 0 Å². The van der Waals surface area contributed by atoms with Gasteiger partial charge in [-0.3, -0.25) is 0 Å². The molecule has 1 N–H and O–H groups in total. The van der Waals surface area contributed by atoms with Gasteiger partial charge in [0.2, 0.25) is 0 Å². The van der Waals surface area contributed by atoms with Gasteiger partial charge in [0.15, 0.2) is 0 Å². The summed E-state index contributed by atoms with van der Waals surface area (Å²) in [4.78, 5) is 2.76. The predicted molar refractivity (Wildman–Crippen MR) is 85.2 cm³/mol. The van der Waals surface area contributed by atoms with Crippen molar-refractivity contribution >= 4 is 22.9 Å². The molecule has 3 heteroatoms. The van der Waals surface area contributed by atoms with Crippen LogP contribution in [0.25, 0.3) is 0 Å². The van der Waals surface area contributed by atoms with Gasteiger partial charge in [0, 0.05) is 26.9 Å². The van der Waals surface area contributed by atoms with Crippen molar-refractivity contribution in [3.63, 3.8) is 0 Å². The highest BCUT2D eigenvalue weighted by Gasteiger charge is 2.15. The van der Waals surface area contributed by atoms with Crippen LogP contribution in [0.4, 0.5) is 0 Å². The van der Waals surface area contributed by atoms with Crippen LogP contribution in [0.3, 0.4) is 0 Å². The van der Waals surface area contributed by atoms with E-state index in [1.807, 2.05) is 29.5 Å². The second-order valence-electron chi connectivity index (χ2n) is 5.00. The molecule has 2 rings (SSSR count). The monoisotopic (exact) mass is 293 g/mol. The van der Waals surface area contributed by atoms with Crippen molar-refractivity contribution in [2.45, 2.75) is 39.8 Å². The van der Waals surface area contributed by atoms with Gasteiger partial charge in [-0.25, -0.2) is 0 Å². The van der Waals surface area contributed by atoms with E-state index >= 15 is 0 Å². The molecule has 1 aromatic heterocycles. The number of aryl methyl sites for hydroxylation is 2. The minimum Gasteiger partial charge on any atom is -0.304 e. The molecule has 0 saturated heterocycles. The number of thiophene rings is 1. The van der Waals surface area contributed by atoms with E-state index in [2.05, 4.69) is 45.1 Å². The van der Waals surface area contributed by atoms with E-state index in [1.54, 1.807) is 0 Å². The molecular formula is C16H20ClNS. The third-order valence-electron chi connectivity index (χ3n) is 3.42. The second-order valence-corrected chi connectivity index (χ2v) is 6.87. The maximum absolute atomic E-state index is 6.25. The second kappa shape index (κ2) is 6.08. The molecule has 0 bridgehead atoms. The average molecular weight is 294 g/mol. The summed E-state index contributed by atoms with van der Waals surface area (Å²) in [6.07, 6.45) is 0. The summed E-state index contributed by atoms with van der Waals surface area (Å²) in [5.74, 6) is 0. The Labute approximate surface area is 124 Å². The highest BCUT2D eigenvalue weighted by atomic mass is 35.5. The van der Waals surface area contributed by atoms with Crippen molar-refractivity contribution in [1.82, 2.24) is 5.32 Å². The molecule has 1 aromatic carbocycles. The standard InChI is InChI=1S/C16H20ClNS/c1-10-9-15(13(4)19-10)12(3)18-11(2)14-7-5-6-8-16(14)17/h5-9,11-12,18H,1-4H3/t11-,12?/m0/s1. The largest absolute Gasteiger partial charge is 0.304 e. The quantitative estimate of drug-likeness (QED) is 0.792. The third kappa shape index (κ3) is 3.38. The number of hydrogen-bond donors (Lipinski definition) is 1. The molecule has 0 saturated carbocycles. The van der Waals surface area contributed by atoms with Crippen LogP contribution in [0.5, 0.6) is 0 Å². The van der Waals surface area contributed by atoms with Gasteiger partial charge < -0.3 is 5.32 Å². The Hall–Kier alpha value is -0.830. The van der Waals surface area contributed by atoms with Crippen molar-refractivity contribution in [2.75, 3.05) is 0 Å². The summed E-state index contributed by atoms with van der Waals surface area (Å²) >= 11 is 8.10. The lowest BCUT2D eigenvalue weighted by molar-refractivity contribution is 0.494. The van der Waals surface area contributed by atoms with Crippen LogP contribution >= 0.6 is 22.9 Å². The van der Waals surface area contributed by atoms with Crippen LogP contribution in [-0.4, -0.2) is 0 Å². The molecule has 2 aromatic rings. The van der Waals surface area contributed by atoms with Crippen molar-refractivity contribution in [3.8, 4) is 0 Å². The highest BCUT2D eigenvalue weighted by molar-refractivity contribution is 7.12. The molecule has 0 radical (unpaired) electrons. The molecule has 2 atom stereocenters. The van der Waals surface area contributed by atoms with E-state index in [1.165, 1.54) is 15.3 Å². The molecule has 1 nitrogen and oxygen atoms in total. The fourth-order valence-corrected chi connectivity index (χ4v) is 3.78. The van der Waals surface area contributed by atoms with Crippen LogP contribution < -0.4 is 5.32 Å². The van der Waals surface area contributed by atoms with Gasteiger partial charge in [-0.1, -0.05) is 29.8 Å². The minimum absolute atomic E-state index is 0.239. The molecule has 0 aliphatic rings. The SMILES string of the molecule is Cc1cc(C(C)N[C@@H](C)c2ccccc2Cl)c(C)s1. The molecule has 1 unspecified atom stereocenters. The zero-order chi connectivity index (χ0) is 14.0. The molecule has 1 heterocycles. The first-order valence-electron chi connectivity index (χ1n) is 6.56. The molecule has 19 heavy (non-hydrogen) atoms. The van der Waals surface area contributed by atoms with Gasteiger partial charge in [-0.15, -0.1) is 11.3 Å². The Morgan fingerprint density at radius 2 is 1.68 bits per heavy atom. The maximum Gasteiger partial charge on any atom is 0.0453 e. The van der Waals surface area contributed by atoms with E-state index in [0.717, 1.165) is 10.6 Å². The summed E-state index contributed by atoms with van der Waals surface area (Å²) in [6.45, 7) is 8.71. The Balaban J connectivity index is 2.13. The molecule has 0 spiro atoms. The lowest BCUT2D eigenvalue weighted by Gasteiger charge is -2.21. The molecule has 0 aliphatic heterocycles. The van der Waals surface area contributed by atoms with Gasteiger partial charge >= 0.3 is 0 Å². The molecule has 0 aliphatic carbocycles. The van der Waals surface area contributed by atoms with Crippen LogP contribution in [0.1, 0.15) is 46.8 Å². The van der Waals surface area contributed by atoms with Gasteiger partial charge in [0.25, 0.3) is 0 Å². The van der Waals surface area contributed by atoms with Crippen LogP contribution in [0.2, 0.25) is 5.02 Å². The fraction of sp³-hybridized carbons (Fsp3) is 0.375. The van der Waals surface area contributed by atoms with Gasteiger partial charge in [0.1, 0.15) is 0 Å². The lowest BCUT2D eigenvalue weighted by Crippen LogP contribution is -2.22. The average Bonchev–Trinajstić information content (AvgIpc) is 2.69. The van der Waals surface area contributed by atoms with Crippen LogP contribution in [0, 0.1) is 13.8 Å². The van der Waals surface area contributed by atoms with Crippen LogP contribution in [0.15, 0.2) is 30.3 Å². The summed E-state index contributed by atoms with van der Waals surface area (Å²) in [5, 5.41) is 4.46. The maximum atomic E-state index is 6.25. The topological polar surface area (TPSA) is 12.0 Å². The summed E-state index contributed by atoms with van der Waals surface area (Å²) in [6, 6.07) is 10.9. The molecule has 102 valence electrons. The van der Waals surface area contributed by atoms with E-state index in [-0.39, 0.29) is 6.04 Å². The molecular weight excluding hydrogens is 274 g/mol. The zero-order valence-electron chi connectivity index (χ0n) is 11.8. The first kappa shape index (κ1) is 14.6. The number of rotatable bonds is 4. The van der Waals surface area contributed by atoms with Gasteiger partial charge in [-0.05, 0) is 51.0 Å². The van der Waals surface area contributed by atoms with Crippen LogP contribution in [-0.2, 0) is 0 Å². The summed E-state index contributed by atoms with van der Waals surface area (Å²) < 4.78 is 0.